The van der Waals surface area contributed by atoms with E-state index in [1.54, 1.807) is 24.7 Å². The molecule has 0 atom stereocenters. The van der Waals surface area contributed by atoms with Crippen LogP contribution in [0.25, 0.3) is 5.69 Å². The lowest BCUT2D eigenvalue weighted by Crippen LogP contribution is -2.50. The first kappa shape index (κ1) is 18.9. The van der Waals surface area contributed by atoms with Crippen LogP contribution in [-0.4, -0.2) is 56.9 Å². The van der Waals surface area contributed by atoms with Gasteiger partial charge in [-0.1, -0.05) is 19.1 Å². The molecule has 3 aromatic rings. The molecule has 1 N–H and O–H groups in total. The quantitative estimate of drug-likeness (QED) is 0.740. The van der Waals surface area contributed by atoms with E-state index in [1.165, 1.54) is 5.56 Å². The van der Waals surface area contributed by atoms with Gasteiger partial charge >= 0.3 is 6.03 Å². The van der Waals surface area contributed by atoms with E-state index in [-0.39, 0.29) is 6.03 Å². The summed E-state index contributed by atoms with van der Waals surface area (Å²) >= 11 is 0. The molecular formula is C21H25N7O. The molecule has 150 valence electrons. The van der Waals surface area contributed by atoms with Gasteiger partial charge in [0.25, 0.3) is 0 Å². The number of rotatable bonds is 4. The highest BCUT2D eigenvalue weighted by Gasteiger charge is 2.23. The largest absolute Gasteiger partial charge is 0.337 e. The number of hydrogen-bond donors (Lipinski definition) is 1. The molecular weight excluding hydrogens is 366 g/mol. The predicted molar refractivity (Wildman–Crippen MR) is 113 cm³/mol. The van der Waals surface area contributed by atoms with Crippen molar-refractivity contribution in [1.29, 1.82) is 0 Å². The molecule has 2 aromatic heterocycles. The van der Waals surface area contributed by atoms with Gasteiger partial charge in [0.2, 0.25) is 5.95 Å². The van der Waals surface area contributed by atoms with Crippen molar-refractivity contribution in [3.63, 3.8) is 0 Å². The Balaban J connectivity index is 1.43. The molecule has 0 spiro atoms. The van der Waals surface area contributed by atoms with Gasteiger partial charge in [0.15, 0.2) is 0 Å². The van der Waals surface area contributed by atoms with Crippen molar-refractivity contribution in [3.8, 4) is 5.69 Å². The van der Waals surface area contributed by atoms with E-state index in [1.807, 2.05) is 21.7 Å². The van der Waals surface area contributed by atoms with E-state index in [4.69, 9.17) is 0 Å². The van der Waals surface area contributed by atoms with Crippen molar-refractivity contribution < 1.29 is 4.79 Å². The summed E-state index contributed by atoms with van der Waals surface area (Å²) < 4.78 is 1.90. The number of nitrogens with one attached hydrogen (secondary N) is 1. The number of piperazine rings is 1. The van der Waals surface area contributed by atoms with Gasteiger partial charge in [-0.2, -0.15) is 5.10 Å². The second-order valence-electron chi connectivity index (χ2n) is 7.06. The number of carbonyl (C=O) groups excluding carboxylic acids is 1. The Bertz CT molecular complexity index is 978. The Labute approximate surface area is 170 Å². The average Bonchev–Trinajstić information content (AvgIpc) is 3.17. The van der Waals surface area contributed by atoms with E-state index in [9.17, 15) is 4.79 Å². The molecule has 8 nitrogen and oxygen atoms in total. The van der Waals surface area contributed by atoms with Crippen LogP contribution < -0.4 is 10.2 Å². The average molecular weight is 391 g/mol. The summed E-state index contributed by atoms with van der Waals surface area (Å²) in [5.41, 5.74) is 3.91. The van der Waals surface area contributed by atoms with Crippen molar-refractivity contribution >= 4 is 17.7 Å². The number of amides is 2. The van der Waals surface area contributed by atoms with Crippen LogP contribution in [0.15, 0.2) is 48.9 Å². The Morgan fingerprint density at radius 3 is 2.55 bits per heavy atom. The zero-order valence-corrected chi connectivity index (χ0v) is 16.7. The second-order valence-corrected chi connectivity index (χ2v) is 7.06. The van der Waals surface area contributed by atoms with Crippen LogP contribution in [0, 0.1) is 6.92 Å². The Morgan fingerprint density at radius 2 is 1.86 bits per heavy atom. The van der Waals surface area contributed by atoms with Gasteiger partial charge in [0, 0.05) is 38.6 Å². The first-order valence-electron chi connectivity index (χ1n) is 9.87. The van der Waals surface area contributed by atoms with Gasteiger partial charge in [-0.05, 0) is 37.1 Å². The summed E-state index contributed by atoms with van der Waals surface area (Å²) in [5.74, 6) is 0.709. The zero-order chi connectivity index (χ0) is 20.2. The Hall–Kier alpha value is -3.42. The van der Waals surface area contributed by atoms with Crippen LogP contribution in [0.4, 0.5) is 16.4 Å². The van der Waals surface area contributed by atoms with Gasteiger partial charge in [0.1, 0.15) is 0 Å². The third-order valence-electron chi connectivity index (χ3n) is 5.09. The summed E-state index contributed by atoms with van der Waals surface area (Å²) in [6.45, 7) is 6.79. The SMILES string of the molecule is CCc1c(NC(=O)N2CCN(c3ncccn3)CC2)cnn1-c1cccc(C)c1. The van der Waals surface area contributed by atoms with Crippen LogP contribution in [0.2, 0.25) is 0 Å². The molecule has 0 aliphatic carbocycles. The molecule has 1 saturated heterocycles. The number of aryl methyl sites for hydroxylation is 1. The fourth-order valence-corrected chi connectivity index (χ4v) is 3.56. The number of anilines is 2. The third kappa shape index (κ3) is 4.06. The highest BCUT2D eigenvalue weighted by atomic mass is 16.2. The first-order valence-corrected chi connectivity index (χ1v) is 9.87. The van der Waals surface area contributed by atoms with Crippen molar-refractivity contribution in [1.82, 2.24) is 24.6 Å². The topological polar surface area (TPSA) is 79.2 Å². The van der Waals surface area contributed by atoms with Gasteiger partial charge < -0.3 is 15.1 Å². The molecule has 29 heavy (non-hydrogen) atoms. The van der Waals surface area contributed by atoms with Crippen LogP contribution in [0.3, 0.4) is 0 Å². The molecule has 2 amide bonds. The molecule has 0 bridgehead atoms. The molecule has 8 heteroatoms. The Kier molecular flexibility index (Phi) is 5.41. The van der Waals surface area contributed by atoms with Gasteiger partial charge in [-0.25, -0.2) is 19.4 Å². The van der Waals surface area contributed by atoms with Crippen molar-refractivity contribution in [3.05, 3.63) is 60.2 Å². The first-order chi connectivity index (χ1) is 14.2. The van der Waals surface area contributed by atoms with Crippen molar-refractivity contribution in [2.24, 2.45) is 0 Å². The van der Waals surface area contributed by atoms with Crippen LogP contribution in [0.1, 0.15) is 18.2 Å². The van der Waals surface area contributed by atoms with Crippen LogP contribution in [-0.2, 0) is 6.42 Å². The van der Waals surface area contributed by atoms with Gasteiger partial charge in [0.05, 0.1) is 23.3 Å². The highest BCUT2D eigenvalue weighted by molar-refractivity contribution is 5.90. The lowest BCUT2D eigenvalue weighted by Gasteiger charge is -2.34. The molecule has 3 heterocycles. The fourth-order valence-electron chi connectivity index (χ4n) is 3.56. The summed E-state index contributed by atoms with van der Waals surface area (Å²) in [6.07, 6.45) is 5.97. The molecule has 1 aliphatic rings. The van der Waals surface area contributed by atoms with E-state index < -0.39 is 0 Å². The molecule has 4 rings (SSSR count). The number of hydrogen-bond acceptors (Lipinski definition) is 5. The zero-order valence-electron chi connectivity index (χ0n) is 16.7. The number of aromatic nitrogens is 4. The maximum absolute atomic E-state index is 12.8. The lowest BCUT2D eigenvalue weighted by molar-refractivity contribution is 0.208. The maximum atomic E-state index is 12.8. The fraction of sp³-hybridized carbons (Fsp3) is 0.333. The summed E-state index contributed by atoms with van der Waals surface area (Å²) in [4.78, 5) is 25.3. The van der Waals surface area contributed by atoms with E-state index in [2.05, 4.69) is 51.3 Å². The van der Waals surface area contributed by atoms with Gasteiger partial charge in [-0.15, -0.1) is 0 Å². The van der Waals surface area contributed by atoms with E-state index in [0.29, 0.717) is 32.1 Å². The number of nitrogens with zero attached hydrogens (tertiary/aromatic N) is 6. The molecule has 1 aromatic carbocycles. The summed E-state index contributed by atoms with van der Waals surface area (Å²) in [7, 11) is 0. The maximum Gasteiger partial charge on any atom is 0.322 e. The Morgan fingerprint density at radius 1 is 1.10 bits per heavy atom. The minimum Gasteiger partial charge on any atom is -0.337 e. The molecule has 1 fully saturated rings. The minimum absolute atomic E-state index is 0.0999. The smallest absolute Gasteiger partial charge is 0.322 e. The van der Waals surface area contributed by atoms with Crippen LogP contribution in [0.5, 0.6) is 0 Å². The third-order valence-corrected chi connectivity index (χ3v) is 5.09. The van der Waals surface area contributed by atoms with Crippen LogP contribution >= 0.6 is 0 Å². The van der Waals surface area contributed by atoms with Crippen molar-refractivity contribution in [2.75, 3.05) is 36.4 Å². The second kappa shape index (κ2) is 8.30. The monoisotopic (exact) mass is 391 g/mol. The summed E-state index contributed by atoms with van der Waals surface area (Å²) in [6, 6.07) is 9.88. The molecule has 0 radical (unpaired) electrons. The standard InChI is InChI=1S/C21H25N7O/c1-3-19-18(15-24-28(19)17-7-4-6-16(2)14-17)25-21(29)27-12-10-26(11-13-27)20-22-8-5-9-23-20/h4-9,14-15H,3,10-13H2,1-2H3,(H,25,29). The molecule has 1 aliphatic heterocycles. The predicted octanol–water partition coefficient (Wildman–Crippen LogP) is 2.89. The summed E-state index contributed by atoms with van der Waals surface area (Å²) in [5, 5.41) is 7.55. The number of carbonyl (C=O) groups is 1. The van der Waals surface area contributed by atoms with Gasteiger partial charge in [-0.3, -0.25) is 0 Å². The number of benzene rings is 1. The highest BCUT2D eigenvalue weighted by Crippen LogP contribution is 2.21. The normalized spacial score (nSPS) is 14.1. The van der Waals surface area contributed by atoms with E-state index in [0.717, 1.165) is 23.5 Å². The minimum atomic E-state index is -0.0999. The molecule has 0 saturated carbocycles. The van der Waals surface area contributed by atoms with Crippen molar-refractivity contribution in [2.45, 2.75) is 20.3 Å². The number of urea groups is 1. The lowest BCUT2D eigenvalue weighted by atomic mass is 10.2. The molecule has 0 unspecified atom stereocenters. The van der Waals surface area contributed by atoms with E-state index >= 15 is 0 Å².